The van der Waals surface area contributed by atoms with Crippen LogP contribution >= 0.6 is 0 Å². The molecule has 1 atom stereocenters. The number of aryl methyl sites for hydroxylation is 1. The summed E-state index contributed by atoms with van der Waals surface area (Å²) >= 11 is 0. The second-order valence-electron chi connectivity index (χ2n) is 8.99. The minimum absolute atomic E-state index is 0.0446. The van der Waals surface area contributed by atoms with Gasteiger partial charge in [-0.1, -0.05) is 6.07 Å². The Morgan fingerprint density at radius 1 is 1.14 bits per heavy atom. The highest BCUT2D eigenvalue weighted by atomic mass is 19.4. The molecule has 0 saturated carbocycles. The topological polar surface area (TPSA) is 101 Å². The summed E-state index contributed by atoms with van der Waals surface area (Å²) in [6.45, 7) is 2.86. The van der Waals surface area contributed by atoms with Crippen LogP contribution in [-0.4, -0.2) is 63.0 Å². The highest BCUT2D eigenvalue weighted by molar-refractivity contribution is 6.06. The summed E-state index contributed by atoms with van der Waals surface area (Å²) < 4.78 is 45.3. The Morgan fingerprint density at radius 3 is 2.83 bits per heavy atom. The van der Waals surface area contributed by atoms with Crippen molar-refractivity contribution in [3.8, 4) is 0 Å². The normalized spacial score (nSPS) is 19.2. The molecule has 6 rings (SSSR count). The maximum absolute atomic E-state index is 13.0. The van der Waals surface area contributed by atoms with E-state index in [0.29, 0.717) is 50.9 Å². The van der Waals surface area contributed by atoms with Crippen LogP contribution in [0.3, 0.4) is 0 Å². The molecule has 1 saturated heterocycles. The second kappa shape index (κ2) is 8.73. The fourth-order valence-corrected chi connectivity index (χ4v) is 4.83. The summed E-state index contributed by atoms with van der Waals surface area (Å²) in [6.07, 6.45) is 1.86. The molecular formula is C23H23F3N8O2. The van der Waals surface area contributed by atoms with Crippen molar-refractivity contribution in [3.05, 3.63) is 53.2 Å². The summed E-state index contributed by atoms with van der Waals surface area (Å²) in [5.74, 6) is 1.29. The molecule has 6 heterocycles. The predicted molar refractivity (Wildman–Crippen MR) is 123 cm³/mol. The zero-order chi connectivity index (χ0) is 24.9. The molecule has 188 valence electrons. The number of amides is 1. The van der Waals surface area contributed by atoms with Crippen molar-refractivity contribution in [3.63, 3.8) is 0 Å². The highest BCUT2D eigenvalue weighted by Gasteiger charge is 2.43. The number of aromatic nitrogens is 5. The van der Waals surface area contributed by atoms with Crippen LogP contribution in [0.15, 0.2) is 30.7 Å². The largest absolute Gasteiger partial charge is 0.433 e. The Bertz CT molecular complexity index is 1290. The number of pyridine rings is 1. The number of nitrogens with zero attached hydrogens (tertiary/aromatic N) is 7. The van der Waals surface area contributed by atoms with Gasteiger partial charge in [-0.15, -0.1) is 0 Å². The van der Waals surface area contributed by atoms with E-state index in [0.717, 1.165) is 41.7 Å². The zero-order valence-corrected chi connectivity index (χ0v) is 19.2. The van der Waals surface area contributed by atoms with Crippen LogP contribution in [0, 0.1) is 0 Å². The van der Waals surface area contributed by atoms with Crippen molar-refractivity contribution in [2.75, 3.05) is 41.4 Å². The molecule has 0 aromatic carbocycles. The summed E-state index contributed by atoms with van der Waals surface area (Å²) in [7, 11) is 0. The number of hydrogen-bond donors (Lipinski definition) is 1. The summed E-state index contributed by atoms with van der Waals surface area (Å²) in [5.41, 5.74) is 2.23. The Kier molecular flexibility index (Phi) is 5.51. The van der Waals surface area contributed by atoms with Crippen molar-refractivity contribution in [2.45, 2.75) is 38.1 Å². The number of carbonyl (C=O) groups is 1. The van der Waals surface area contributed by atoms with Crippen molar-refractivity contribution < 1.29 is 22.7 Å². The molecule has 3 aliphatic rings. The average Bonchev–Trinajstić information content (AvgIpc) is 3.32. The van der Waals surface area contributed by atoms with Crippen molar-refractivity contribution >= 4 is 23.4 Å². The van der Waals surface area contributed by atoms with Crippen LogP contribution in [0.4, 0.5) is 30.6 Å². The quantitative estimate of drug-likeness (QED) is 0.570. The molecule has 1 fully saturated rings. The van der Waals surface area contributed by atoms with Crippen LogP contribution in [-0.2, 0) is 35.2 Å². The van der Waals surface area contributed by atoms with Crippen molar-refractivity contribution in [1.29, 1.82) is 0 Å². The molecular weight excluding hydrogens is 477 g/mol. The van der Waals surface area contributed by atoms with Gasteiger partial charge in [0.1, 0.15) is 17.4 Å². The molecule has 3 aromatic heterocycles. The third kappa shape index (κ3) is 4.12. The third-order valence-electron chi connectivity index (χ3n) is 6.55. The first-order chi connectivity index (χ1) is 17.4. The van der Waals surface area contributed by atoms with Gasteiger partial charge in [-0.2, -0.15) is 23.3 Å². The fourth-order valence-electron chi connectivity index (χ4n) is 4.83. The van der Waals surface area contributed by atoms with Gasteiger partial charge in [-0.05, 0) is 24.5 Å². The van der Waals surface area contributed by atoms with E-state index in [4.69, 9.17) is 14.7 Å². The van der Waals surface area contributed by atoms with Gasteiger partial charge in [0.05, 0.1) is 31.6 Å². The number of ether oxygens (including phenoxy) is 1. The smallest absolute Gasteiger partial charge is 0.377 e. The van der Waals surface area contributed by atoms with E-state index < -0.39 is 11.9 Å². The van der Waals surface area contributed by atoms with Crippen LogP contribution in [0.1, 0.15) is 28.9 Å². The van der Waals surface area contributed by atoms with Crippen LogP contribution < -0.4 is 15.1 Å². The van der Waals surface area contributed by atoms with Gasteiger partial charge in [-0.3, -0.25) is 14.5 Å². The maximum Gasteiger partial charge on any atom is 0.433 e. The lowest BCUT2D eigenvalue weighted by molar-refractivity contribution is -0.141. The van der Waals surface area contributed by atoms with Gasteiger partial charge < -0.3 is 19.9 Å². The van der Waals surface area contributed by atoms with Gasteiger partial charge >= 0.3 is 6.18 Å². The Labute approximate surface area is 204 Å². The lowest BCUT2D eigenvalue weighted by atomic mass is 10.0. The fraction of sp³-hybridized carbons (Fsp3) is 0.435. The van der Waals surface area contributed by atoms with Gasteiger partial charge in [0.2, 0.25) is 5.95 Å². The van der Waals surface area contributed by atoms with Gasteiger partial charge in [0.15, 0.2) is 5.82 Å². The molecule has 10 nitrogen and oxygen atoms in total. The van der Waals surface area contributed by atoms with E-state index in [1.165, 1.54) is 12.3 Å². The van der Waals surface area contributed by atoms with Crippen molar-refractivity contribution in [2.24, 2.45) is 0 Å². The molecule has 0 unspecified atom stereocenters. The first-order valence-electron chi connectivity index (χ1n) is 11.7. The first-order valence-corrected chi connectivity index (χ1v) is 11.7. The van der Waals surface area contributed by atoms with E-state index in [9.17, 15) is 18.0 Å². The van der Waals surface area contributed by atoms with E-state index in [1.807, 2.05) is 11.1 Å². The van der Waals surface area contributed by atoms with Gasteiger partial charge in [0.25, 0.3) is 5.91 Å². The lowest BCUT2D eigenvalue weighted by Crippen LogP contribution is -2.60. The number of morpholine rings is 1. The number of fused-ring (bicyclic) bond motifs is 2. The van der Waals surface area contributed by atoms with Crippen LogP contribution in [0.5, 0.6) is 0 Å². The summed E-state index contributed by atoms with van der Waals surface area (Å²) in [6, 6.07) is 2.00. The third-order valence-corrected chi connectivity index (χ3v) is 6.55. The van der Waals surface area contributed by atoms with Crippen LogP contribution in [0.2, 0.25) is 0 Å². The number of anilines is 3. The predicted octanol–water partition coefficient (Wildman–Crippen LogP) is 2.25. The second-order valence-corrected chi connectivity index (χ2v) is 8.99. The Hall–Kier alpha value is -3.74. The maximum atomic E-state index is 13.0. The monoisotopic (exact) mass is 500 g/mol. The van der Waals surface area contributed by atoms with Crippen LogP contribution in [0.25, 0.3) is 0 Å². The lowest BCUT2D eigenvalue weighted by Gasteiger charge is -2.45. The minimum atomic E-state index is -4.46. The van der Waals surface area contributed by atoms with E-state index >= 15 is 0 Å². The highest BCUT2D eigenvalue weighted by Crippen LogP contribution is 2.41. The molecule has 1 amide bonds. The molecule has 0 radical (unpaired) electrons. The number of hydrogen-bond acceptors (Lipinski definition) is 8. The average molecular weight is 500 g/mol. The number of halogens is 3. The molecule has 0 spiro atoms. The standard InChI is InChI=1S/C23H23F3N8O2/c24-23(25,26)18-4-3-14(8-27-18)11-32-12-15(10-29-32)9-28-22-30-16-2-1-5-34-19(16)20(31-22)33-6-7-36-13-17(33)21(34)35/h3-4,8,10,12,17H,1-2,5-7,9,11,13H2,(H,28,30,31)/t17-/m0/s1. The molecule has 13 heteroatoms. The SMILES string of the molecule is O=C1[C@@H]2COCCN2c2nc(NCc3cnn(Cc4ccc(C(F)(F)F)nc4)c3)nc3c2N1CCC3. The molecule has 0 bridgehead atoms. The van der Waals surface area contributed by atoms with Crippen molar-refractivity contribution in [1.82, 2.24) is 24.7 Å². The number of carbonyl (C=O) groups excluding carboxylic acids is 1. The number of alkyl halides is 3. The zero-order valence-electron chi connectivity index (χ0n) is 19.2. The minimum Gasteiger partial charge on any atom is -0.377 e. The molecule has 3 aliphatic heterocycles. The molecule has 36 heavy (non-hydrogen) atoms. The Balaban J connectivity index is 1.17. The summed E-state index contributed by atoms with van der Waals surface area (Å²) in [4.78, 5) is 29.8. The van der Waals surface area contributed by atoms with Gasteiger partial charge in [0, 0.05) is 37.6 Å². The molecule has 3 aromatic rings. The van der Waals surface area contributed by atoms with E-state index in [2.05, 4.69) is 15.4 Å². The number of rotatable bonds is 5. The summed E-state index contributed by atoms with van der Waals surface area (Å²) in [5, 5.41) is 7.56. The molecule has 1 N–H and O–H groups in total. The number of nitrogens with one attached hydrogen (secondary N) is 1. The van der Waals surface area contributed by atoms with E-state index in [1.54, 1.807) is 15.8 Å². The van der Waals surface area contributed by atoms with E-state index in [-0.39, 0.29) is 11.9 Å². The molecule has 0 aliphatic carbocycles. The first kappa shape index (κ1) is 22.7. The van der Waals surface area contributed by atoms with Gasteiger partial charge in [-0.25, -0.2) is 4.98 Å². The Morgan fingerprint density at radius 2 is 2.03 bits per heavy atom.